The molecule has 0 spiro atoms. The molecule has 102 valence electrons. The molecule has 0 aromatic carbocycles. The van der Waals surface area contributed by atoms with Gasteiger partial charge in [0, 0.05) is 18.7 Å². The van der Waals surface area contributed by atoms with Gasteiger partial charge in [-0.05, 0) is 31.4 Å². The maximum atomic E-state index is 12.0. The van der Waals surface area contributed by atoms with Crippen LogP contribution in [0.5, 0.6) is 5.75 Å². The molecule has 2 N–H and O–H groups in total. The fraction of sp³-hybridized carbons (Fsp3) is 0.583. The first-order valence-electron chi connectivity index (χ1n) is 5.68. The zero-order valence-electron chi connectivity index (χ0n) is 10.4. The third kappa shape index (κ3) is 4.52. The average molecular weight is 262 g/mol. The van der Waals surface area contributed by atoms with Crippen LogP contribution in [-0.2, 0) is 6.42 Å². The number of ether oxygens (including phenoxy) is 1. The van der Waals surface area contributed by atoms with E-state index in [2.05, 4.69) is 4.98 Å². The van der Waals surface area contributed by atoms with Gasteiger partial charge < -0.3 is 10.5 Å². The molecular formula is C12H17F3N2O. The van der Waals surface area contributed by atoms with Crippen LogP contribution >= 0.6 is 0 Å². The third-order valence-electron chi connectivity index (χ3n) is 2.57. The second-order valence-corrected chi connectivity index (χ2v) is 4.18. The van der Waals surface area contributed by atoms with E-state index in [1.165, 1.54) is 7.11 Å². The van der Waals surface area contributed by atoms with Crippen molar-refractivity contribution in [2.24, 2.45) is 5.73 Å². The van der Waals surface area contributed by atoms with Crippen LogP contribution in [0.15, 0.2) is 12.3 Å². The molecule has 6 heteroatoms. The van der Waals surface area contributed by atoms with Crippen LogP contribution in [0.3, 0.4) is 0 Å². The number of hydrogen-bond donors (Lipinski definition) is 1. The average Bonchev–Trinajstić information content (AvgIpc) is 2.27. The van der Waals surface area contributed by atoms with Crippen LogP contribution in [0, 0.1) is 0 Å². The number of hydrogen-bond acceptors (Lipinski definition) is 3. The van der Waals surface area contributed by atoms with E-state index in [-0.39, 0.29) is 18.9 Å². The number of alkyl halides is 3. The van der Waals surface area contributed by atoms with Crippen LogP contribution in [0.4, 0.5) is 13.2 Å². The van der Waals surface area contributed by atoms with Gasteiger partial charge in [-0.3, -0.25) is 4.98 Å². The predicted molar refractivity (Wildman–Crippen MR) is 62.4 cm³/mol. The van der Waals surface area contributed by atoms with Gasteiger partial charge >= 0.3 is 6.18 Å². The van der Waals surface area contributed by atoms with Crippen LogP contribution in [0.25, 0.3) is 0 Å². The maximum absolute atomic E-state index is 12.0. The van der Waals surface area contributed by atoms with Crippen molar-refractivity contribution in [3.8, 4) is 5.75 Å². The summed E-state index contributed by atoms with van der Waals surface area (Å²) in [7, 11) is 1.47. The summed E-state index contributed by atoms with van der Waals surface area (Å²) in [4.78, 5) is 4.12. The van der Waals surface area contributed by atoms with Crippen LogP contribution < -0.4 is 10.5 Å². The van der Waals surface area contributed by atoms with Crippen LogP contribution in [0.1, 0.15) is 37.1 Å². The lowest BCUT2D eigenvalue weighted by Crippen LogP contribution is -2.09. The third-order valence-corrected chi connectivity index (χ3v) is 2.57. The number of aryl methyl sites for hydroxylation is 1. The minimum Gasteiger partial charge on any atom is -0.495 e. The van der Waals surface area contributed by atoms with Crippen molar-refractivity contribution in [1.82, 2.24) is 4.98 Å². The Morgan fingerprint density at radius 2 is 2.11 bits per heavy atom. The molecule has 0 saturated heterocycles. The van der Waals surface area contributed by atoms with Gasteiger partial charge in [-0.25, -0.2) is 0 Å². The fourth-order valence-electron chi connectivity index (χ4n) is 1.56. The number of methoxy groups -OCH3 is 1. The second-order valence-electron chi connectivity index (χ2n) is 4.18. The van der Waals surface area contributed by atoms with E-state index < -0.39 is 12.6 Å². The Morgan fingerprint density at radius 1 is 1.44 bits per heavy atom. The highest BCUT2D eigenvalue weighted by Crippen LogP contribution is 2.25. The highest BCUT2D eigenvalue weighted by molar-refractivity contribution is 5.32. The molecule has 18 heavy (non-hydrogen) atoms. The molecule has 0 fully saturated rings. The summed E-state index contributed by atoms with van der Waals surface area (Å²) in [6.07, 6.45) is -3.12. The molecule has 0 bridgehead atoms. The highest BCUT2D eigenvalue weighted by atomic mass is 19.4. The molecule has 0 amide bonds. The lowest BCUT2D eigenvalue weighted by Gasteiger charge is -2.12. The molecule has 3 nitrogen and oxygen atoms in total. The summed E-state index contributed by atoms with van der Waals surface area (Å²) in [5.74, 6) is 0.493. The molecular weight excluding hydrogens is 245 g/mol. The van der Waals surface area contributed by atoms with Crippen molar-refractivity contribution in [3.63, 3.8) is 0 Å². The van der Waals surface area contributed by atoms with Crippen LogP contribution in [-0.4, -0.2) is 18.3 Å². The lowest BCUT2D eigenvalue weighted by molar-refractivity contribution is -0.135. The van der Waals surface area contributed by atoms with Crippen molar-refractivity contribution in [2.45, 2.75) is 38.4 Å². The first kappa shape index (κ1) is 14.8. The summed E-state index contributed by atoms with van der Waals surface area (Å²) in [6.45, 7) is 1.81. The van der Waals surface area contributed by atoms with Gasteiger partial charge in [0.05, 0.1) is 12.8 Å². The van der Waals surface area contributed by atoms with Crippen molar-refractivity contribution in [3.05, 3.63) is 23.5 Å². The van der Waals surface area contributed by atoms with E-state index in [1.807, 2.05) is 0 Å². The van der Waals surface area contributed by atoms with E-state index in [9.17, 15) is 13.2 Å². The van der Waals surface area contributed by atoms with E-state index in [0.29, 0.717) is 11.4 Å². The smallest absolute Gasteiger partial charge is 0.389 e. The molecule has 0 aliphatic rings. The van der Waals surface area contributed by atoms with Gasteiger partial charge in [0.25, 0.3) is 0 Å². The molecule has 1 rings (SSSR count). The maximum Gasteiger partial charge on any atom is 0.389 e. The van der Waals surface area contributed by atoms with Gasteiger partial charge in [0.2, 0.25) is 0 Å². The number of nitrogens with zero attached hydrogens (tertiary/aromatic N) is 1. The first-order valence-corrected chi connectivity index (χ1v) is 5.68. The molecule has 0 saturated carbocycles. The molecule has 1 atom stereocenters. The van der Waals surface area contributed by atoms with Gasteiger partial charge in [-0.1, -0.05) is 0 Å². The first-order chi connectivity index (χ1) is 8.33. The SMILES string of the molecule is COc1cc(C(C)N)cnc1CCCC(F)(F)F. The molecule has 0 aliphatic heterocycles. The van der Waals surface area contributed by atoms with Gasteiger partial charge in [-0.2, -0.15) is 13.2 Å². The van der Waals surface area contributed by atoms with E-state index >= 15 is 0 Å². The Labute approximate surface area is 104 Å². The Morgan fingerprint density at radius 3 is 2.61 bits per heavy atom. The van der Waals surface area contributed by atoms with Crippen molar-refractivity contribution < 1.29 is 17.9 Å². The summed E-state index contributed by atoms with van der Waals surface area (Å²) >= 11 is 0. The number of halogens is 3. The fourth-order valence-corrected chi connectivity index (χ4v) is 1.56. The Balaban J connectivity index is 2.71. The predicted octanol–water partition coefficient (Wildman–Crippen LogP) is 2.99. The van der Waals surface area contributed by atoms with Crippen LogP contribution in [0.2, 0.25) is 0 Å². The van der Waals surface area contributed by atoms with Crippen molar-refractivity contribution in [1.29, 1.82) is 0 Å². The summed E-state index contributed by atoms with van der Waals surface area (Å²) in [5.41, 5.74) is 7.03. The van der Waals surface area contributed by atoms with E-state index in [0.717, 1.165) is 5.56 Å². The van der Waals surface area contributed by atoms with Gasteiger partial charge in [-0.15, -0.1) is 0 Å². The quantitative estimate of drug-likeness (QED) is 0.887. The Kier molecular flexibility index (Phi) is 4.95. The van der Waals surface area contributed by atoms with Gasteiger partial charge in [0.15, 0.2) is 0 Å². The molecule has 0 aliphatic carbocycles. The number of pyridine rings is 1. The van der Waals surface area contributed by atoms with Crippen molar-refractivity contribution >= 4 is 0 Å². The largest absolute Gasteiger partial charge is 0.495 e. The minimum absolute atomic E-state index is 0.00435. The molecule has 0 radical (unpaired) electrons. The Hall–Kier alpha value is -1.30. The zero-order chi connectivity index (χ0) is 13.8. The second kappa shape index (κ2) is 6.04. The lowest BCUT2D eigenvalue weighted by atomic mass is 10.1. The number of aromatic nitrogens is 1. The standard InChI is InChI=1S/C12H17F3N2O/c1-8(16)9-6-11(18-2)10(17-7-9)4-3-5-12(13,14)15/h6-8H,3-5,16H2,1-2H3. The summed E-state index contributed by atoms with van der Waals surface area (Å²) in [6, 6.07) is 1.54. The van der Waals surface area contributed by atoms with Crippen molar-refractivity contribution in [2.75, 3.05) is 7.11 Å². The monoisotopic (exact) mass is 262 g/mol. The molecule has 1 aromatic heterocycles. The molecule has 1 unspecified atom stereocenters. The minimum atomic E-state index is -4.13. The normalized spacial score (nSPS) is 13.4. The number of rotatable bonds is 5. The Bertz CT molecular complexity index is 391. The highest BCUT2D eigenvalue weighted by Gasteiger charge is 2.26. The topological polar surface area (TPSA) is 48.1 Å². The van der Waals surface area contributed by atoms with E-state index in [1.54, 1.807) is 19.2 Å². The van der Waals surface area contributed by atoms with Gasteiger partial charge in [0.1, 0.15) is 5.75 Å². The van der Waals surface area contributed by atoms with E-state index in [4.69, 9.17) is 10.5 Å². The molecule has 1 heterocycles. The summed E-state index contributed by atoms with van der Waals surface area (Å²) in [5, 5.41) is 0. The molecule has 1 aromatic rings. The summed E-state index contributed by atoms with van der Waals surface area (Å²) < 4.78 is 41.2. The number of nitrogens with two attached hydrogens (primary N) is 1. The zero-order valence-corrected chi connectivity index (χ0v) is 10.4.